The van der Waals surface area contributed by atoms with Crippen molar-refractivity contribution >= 4 is 29.6 Å². The topological polar surface area (TPSA) is 90.9 Å². The lowest BCUT2D eigenvalue weighted by molar-refractivity contribution is -0.147. The fourth-order valence-electron chi connectivity index (χ4n) is 3.80. The molecule has 35 heavy (non-hydrogen) atoms. The number of ether oxygens (including phenoxy) is 3. The number of nitrogens with one attached hydrogen (secondary N) is 1. The van der Waals surface area contributed by atoms with Gasteiger partial charge in [-0.1, -0.05) is 68.8 Å². The molecule has 1 aliphatic rings. The number of amides is 1. The summed E-state index contributed by atoms with van der Waals surface area (Å²) >= 11 is 6.10. The number of cyclic esters (lactones) is 2. The molecule has 3 atom stereocenters. The predicted octanol–water partition coefficient (Wildman–Crippen LogP) is 5.33. The van der Waals surface area contributed by atoms with Crippen LogP contribution in [0.25, 0.3) is 11.1 Å². The fourth-order valence-corrected chi connectivity index (χ4v) is 3.99. The second-order valence-corrected chi connectivity index (χ2v) is 10.5. The number of carbonyl (C=O) groups is 3. The molecule has 2 aromatic carbocycles. The molecule has 1 fully saturated rings. The molecule has 8 heteroatoms. The molecule has 2 aromatic rings. The third kappa shape index (κ3) is 8.58. The van der Waals surface area contributed by atoms with Crippen LogP contribution in [-0.2, 0) is 30.2 Å². The number of rotatable bonds is 9. The highest BCUT2D eigenvalue weighted by atomic mass is 35.5. The first-order chi connectivity index (χ1) is 16.5. The van der Waals surface area contributed by atoms with E-state index in [1.165, 1.54) is 0 Å². The Morgan fingerprint density at radius 1 is 1.09 bits per heavy atom. The molecular weight excluding hydrogens is 470 g/mol. The molecule has 3 unspecified atom stereocenters. The van der Waals surface area contributed by atoms with Crippen molar-refractivity contribution in [2.24, 2.45) is 5.41 Å². The van der Waals surface area contributed by atoms with Crippen LogP contribution in [0.4, 0.5) is 4.79 Å². The monoisotopic (exact) mass is 501 g/mol. The first-order valence-corrected chi connectivity index (χ1v) is 12.0. The van der Waals surface area contributed by atoms with Crippen LogP contribution < -0.4 is 5.32 Å². The summed E-state index contributed by atoms with van der Waals surface area (Å²) in [5.74, 6) is -0.616. The molecule has 0 aromatic heterocycles. The van der Waals surface area contributed by atoms with Crippen molar-refractivity contribution in [3.63, 3.8) is 0 Å². The Balaban J connectivity index is 1.65. The second kappa shape index (κ2) is 11.6. The van der Waals surface area contributed by atoms with E-state index in [1.807, 2.05) is 69.3 Å². The van der Waals surface area contributed by atoms with Crippen LogP contribution in [0.2, 0.25) is 5.02 Å². The van der Waals surface area contributed by atoms with Gasteiger partial charge in [0.15, 0.2) is 6.10 Å². The Bertz CT molecular complexity index is 1050. The Morgan fingerprint density at radius 2 is 1.80 bits per heavy atom. The summed E-state index contributed by atoms with van der Waals surface area (Å²) in [6, 6.07) is 15.1. The summed E-state index contributed by atoms with van der Waals surface area (Å²) < 4.78 is 15.2. The zero-order chi connectivity index (χ0) is 25.6. The van der Waals surface area contributed by atoms with Gasteiger partial charge in [0.25, 0.3) is 0 Å². The lowest BCUT2D eigenvalue weighted by atomic mass is 9.91. The van der Waals surface area contributed by atoms with Crippen LogP contribution >= 0.6 is 11.6 Å². The van der Waals surface area contributed by atoms with E-state index in [0.29, 0.717) is 17.9 Å². The Labute approximate surface area is 211 Å². The highest BCUT2D eigenvalue weighted by molar-refractivity contribution is 6.30. The van der Waals surface area contributed by atoms with Gasteiger partial charge in [-0.05, 0) is 47.6 Å². The molecule has 7 nitrogen and oxygen atoms in total. The molecule has 188 valence electrons. The molecule has 0 bridgehead atoms. The molecule has 1 aliphatic heterocycles. The highest BCUT2D eigenvalue weighted by Crippen LogP contribution is 2.24. The summed E-state index contributed by atoms with van der Waals surface area (Å²) in [5.41, 5.74) is 2.81. The van der Waals surface area contributed by atoms with Gasteiger partial charge in [-0.25, -0.2) is 4.79 Å². The van der Waals surface area contributed by atoms with E-state index in [2.05, 4.69) is 5.32 Å². The third-order valence-electron chi connectivity index (χ3n) is 5.52. The van der Waals surface area contributed by atoms with Crippen molar-refractivity contribution in [2.75, 3.05) is 6.61 Å². The van der Waals surface area contributed by atoms with Gasteiger partial charge in [-0.2, -0.15) is 0 Å². The number of esters is 1. The Kier molecular flexibility index (Phi) is 8.78. The van der Waals surface area contributed by atoms with Gasteiger partial charge in [-0.3, -0.25) is 9.59 Å². The summed E-state index contributed by atoms with van der Waals surface area (Å²) in [7, 11) is 0. The van der Waals surface area contributed by atoms with Gasteiger partial charge in [-0.15, -0.1) is 0 Å². The number of hydrogen-bond donors (Lipinski definition) is 1. The van der Waals surface area contributed by atoms with Gasteiger partial charge in [0.2, 0.25) is 5.91 Å². The van der Waals surface area contributed by atoms with Crippen LogP contribution in [-0.4, -0.2) is 42.9 Å². The summed E-state index contributed by atoms with van der Waals surface area (Å²) in [6.45, 7) is 7.53. The maximum Gasteiger partial charge on any atom is 0.509 e. The molecular formula is C27H32ClNO6. The molecule has 3 rings (SSSR count). The standard InChI is InChI=1S/C27H32ClNO6/c1-17-23(35-26(32)34-17)16-33-25(31)14-22(29-24(30)15-27(2,3)4)12-18-8-10-19(11-9-18)20-6-5-7-21(28)13-20/h5-11,13,17,22-23H,12,14-16H2,1-4H3,(H,29,30). The number of carbonyl (C=O) groups excluding carboxylic acids is 3. The average molecular weight is 502 g/mol. The number of benzene rings is 2. The predicted molar refractivity (Wildman–Crippen MR) is 133 cm³/mol. The van der Waals surface area contributed by atoms with Gasteiger partial charge in [0, 0.05) is 17.5 Å². The molecule has 1 heterocycles. The SMILES string of the molecule is CC1OC(=O)OC1COC(=O)CC(Cc1ccc(-c2cccc(Cl)c2)cc1)NC(=O)CC(C)(C)C. The molecule has 1 saturated heterocycles. The first-order valence-electron chi connectivity index (χ1n) is 11.7. The quantitative estimate of drug-likeness (QED) is 0.467. The minimum atomic E-state index is -0.771. The maximum absolute atomic E-state index is 12.6. The van der Waals surface area contributed by atoms with E-state index in [9.17, 15) is 14.4 Å². The second-order valence-electron chi connectivity index (χ2n) is 10.0. The molecule has 1 N–H and O–H groups in total. The van der Waals surface area contributed by atoms with Crippen LogP contribution in [0.15, 0.2) is 48.5 Å². The van der Waals surface area contributed by atoms with Crippen molar-refractivity contribution in [3.05, 3.63) is 59.1 Å². The smallest absolute Gasteiger partial charge is 0.462 e. The van der Waals surface area contributed by atoms with E-state index in [-0.39, 0.29) is 24.3 Å². The molecule has 0 radical (unpaired) electrons. The number of hydrogen-bond acceptors (Lipinski definition) is 6. The molecule has 0 aliphatic carbocycles. The van der Waals surface area contributed by atoms with Gasteiger partial charge >= 0.3 is 12.1 Å². The van der Waals surface area contributed by atoms with Crippen molar-refractivity contribution in [1.82, 2.24) is 5.32 Å². The number of halogens is 1. The van der Waals surface area contributed by atoms with Gasteiger partial charge in [0.05, 0.1) is 6.42 Å². The first kappa shape index (κ1) is 26.5. The van der Waals surface area contributed by atoms with Crippen LogP contribution in [0.1, 0.15) is 46.1 Å². The van der Waals surface area contributed by atoms with E-state index in [0.717, 1.165) is 16.7 Å². The zero-order valence-electron chi connectivity index (χ0n) is 20.5. The van der Waals surface area contributed by atoms with E-state index in [4.69, 9.17) is 25.8 Å². The fraction of sp³-hybridized carbons (Fsp3) is 0.444. The lowest BCUT2D eigenvalue weighted by Gasteiger charge is -2.22. The van der Waals surface area contributed by atoms with Crippen LogP contribution in [0.3, 0.4) is 0 Å². The highest BCUT2D eigenvalue weighted by Gasteiger charge is 2.34. The normalized spacial score (nSPS) is 18.4. The average Bonchev–Trinajstić information content (AvgIpc) is 3.08. The molecule has 0 spiro atoms. The minimum Gasteiger partial charge on any atom is -0.462 e. The summed E-state index contributed by atoms with van der Waals surface area (Å²) in [6.07, 6.45) is -1.12. The van der Waals surface area contributed by atoms with E-state index in [1.54, 1.807) is 6.92 Å². The van der Waals surface area contributed by atoms with Crippen molar-refractivity contribution in [3.8, 4) is 11.1 Å². The Morgan fingerprint density at radius 3 is 2.40 bits per heavy atom. The summed E-state index contributed by atoms with van der Waals surface area (Å²) in [4.78, 5) is 36.4. The van der Waals surface area contributed by atoms with E-state index >= 15 is 0 Å². The van der Waals surface area contributed by atoms with Crippen molar-refractivity contribution in [1.29, 1.82) is 0 Å². The lowest BCUT2D eigenvalue weighted by Crippen LogP contribution is -2.40. The van der Waals surface area contributed by atoms with Gasteiger partial charge < -0.3 is 19.5 Å². The molecule has 0 saturated carbocycles. The summed E-state index contributed by atoms with van der Waals surface area (Å²) in [5, 5.41) is 3.65. The van der Waals surface area contributed by atoms with Crippen LogP contribution in [0, 0.1) is 5.41 Å². The van der Waals surface area contributed by atoms with Crippen LogP contribution in [0.5, 0.6) is 0 Å². The van der Waals surface area contributed by atoms with E-state index < -0.39 is 30.4 Å². The largest absolute Gasteiger partial charge is 0.509 e. The van der Waals surface area contributed by atoms with Crippen molar-refractivity contribution in [2.45, 2.75) is 65.2 Å². The van der Waals surface area contributed by atoms with Gasteiger partial charge in [0.1, 0.15) is 12.7 Å². The maximum atomic E-state index is 12.6. The third-order valence-corrected chi connectivity index (χ3v) is 5.76. The molecule has 1 amide bonds. The Hall–Kier alpha value is -3.06. The zero-order valence-corrected chi connectivity index (χ0v) is 21.3. The van der Waals surface area contributed by atoms with Crippen molar-refractivity contribution < 1.29 is 28.6 Å². The minimum absolute atomic E-state index is 0.0121.